The molecular weight excluding hydrogens is 434 g/mol. The van der Waals surface area contributed by atoms with Gasteiger partial charge in [-0.15, -0.1) is 11.3 Å². The number of benzene rings is 3. The summed E-state index contributed by atoms with van der Waals surface area (Å²) in [6, 6.07) is 23.9. The Morgan fingerprint density at radius 3 is 2.47 bits per heavy atom. The molecule has 0 aliphatic carbocycles. The summed E-state index contributed by atoms with van der Waals surface area (Å²) in [7, 11) is 0. The van der Waals surface area contributed by atoms with Gasteiger partial charge < -0.3 is 4.42 Å². The molecule has 0 N–H and O–H groups in total. The maximum Gasteiger partial charge on any atom is 0.139 e. The maximum absolute atomic E-state index is 6.52. The topological polar surface area (TPSA) is 26.0 Å². The van der Waals surface area contributed by atoms with Crippen molar-refractivity contribution in [2.45, 2.75) is 40.0 Å². The van der Waals surface area contributed by atoms with Crippen molar-refractivity contribution in [2.24, 2.45) is 0 Å². The average molecular weight is 462 g/mol. The molecule has 0 fully saturated rings. The van der Waals surface area contributed by atoms with Gasteiger partial charge in [-0.1, -0.05) is 57.2 Å². The van der Waals surface area contributed by atoms with Crippen LogP contribution in [0.15, 0.2) is 77.3 Å². The smallest absolute Gasteiger partial charge is 0.139 e. The van der Waals surface area contributed by atoms with Gasteiger partial charge in [0.15, 0.2) is 0 Å². The van der Waals surface area contributed by atoms with E-state index in [1.165, 1.54) is 31.3 Å². The van der Waals surface area contributed by atoms with Crippen molar-refractivity contribution in [1.82, 2.24) is 4.98 Å². The van der Waals surface area contributed by atoms with Crippen LogP contribution < -0.4 is 0 Å². The Bertz CT molecular complexity index is 1710. The highest BCUT2D eigenvalue weighted by Crippen LogP contribution is 2.43. The monoisotopic (exact) mass is 461 g/mol. The fraction of sp³-hybridized carbons (Fsp3) is 0.194. The molecule has 0 aliphatic rings. The summed E-state index contributed by atoms with van der Waals surface area (Å²) in [5, 5.41) is 4.90. The first kappa shape index (κ1) is 21.1. The third-order valence-corrected chi connectivity index (χ3v) is 7.80. The second-order valence-corrected chi connectivity index (χ2v) is 11.4. The summed E-state index contributed by atoms with van der Waals surface area (Å²) < 4.78 is 7.79. The Labute approximate surface area is 203 Å². The largest absolute Gasteiger partial charge is 0.456 e. The second kappa shape index (κ2) is 7.54. The lowest BCUT2D eigenvalue weighted by Crippen LogP contribution is -2.12. The van der Waals surface area contributed by atoms with Crippen LogP contribution in [0, 0.1) is 13.8 Å². The van der Waals surface area contributed by atoms with Gasteiger partial charge in [-0.2, -0.15) is 0 Å². The quantitative estimate of drug-likeness (QED) is 0.257. The van der Waals surface area contributed by atoms with Crippen molar-refractivity contribution in [3.63, 3.8) is 0 Å². The predicted molar refractivity (Wildman–Crippen MR) is 146 cm³/mol. The van der Waals surface area contributed by atoms with E-state index in [0.29, 0.717) is 0 Å². The second-order valence-electron chi connectivity index (χ2n) is 10.2. The number of fused-ring (bicyclic) bond motifs is 3. The lowest BCUT2D eigenvalue weighted by atomic mass is 9.82. The standard InChI is InChI=1S/C31H27NOS/c1-18-15-21-10-8-12-24(30(21)34-18)29-19(2)27-26(33-29)13-14-32-28(27)22-16-20-9-6-7-11-23(20)25(17-22)31(3,4)5/h6-17H,1-5H3. The minimum absolute atomic E-state index is 0.0206. The van der Waals surface area contributed by atoms with Crippen molar-refractivity contribution in [3.8, 4) is 22.6 Å². The lowest BCUT2D eigenvalue weighted by Gasteiger charge is -2.22. The molecule has 0 saturated heterocycles. The van der Waals surface area contributed by atoms with E-state index in [-0.39, 0.29) is 5.41 Å². The summed E-state index contributed by atoms with van der Waals surface area (Å²) in [5.74, 6) is 0.938. The molecule has 3 heteroatoms. The van der Waals surface area contributed by atoms with E-state index in [2.05, 4.69) is 95.3 Å². The molecule has 2 nitrogen and oxygen atoms in total. The highest BCUT2D eigenvalue weighted by molar-refractivity contribution is 7.19. The summed E-state index contributed by atoms with van der Waals surface area (Å²) in [5.41, 5.74) is 6.65. The summed E-state index contributed by atoms with van der Waals surface area (Å²) in [6.45, 7) is 11.2. The first-order valence-corrected chi connectivity index (χ1v) is 12.5. The highest BCUT2D eigenvalue weighted by atomic mass is 32.1. The third-order valence-electron chi connectivity index (χ3n) is 6.70. The first-order chi connectivity index (χ1) is 16.3. The minimum Gasteiger partial charge on any atom is -0.456 e. The van der Waals surface area contributed by atoms with E-state index in [1.807, 2.05) is 23.6 Å². The summed E-state index contributed by atoms with van der Waals surface area (Å²) >= 11 is 1.82. The zero-order chi connectivity index (χ0) is 23.6. The molecule has 0 bridgehead atoms. The van der Waals surface area contributed by atoms with Crippen molar-refractivity contribution < 1.29 is 4.42 Å². The van der Waals surface area contributed by atoms with Gasteiger partial charge in [0.1, 0.15) is 11.3 Å². The fourth-order valence-electron chi connectivity index (χ4n) is 5.11. The Morgan fingerprint density at radius 1 is 0.853 bits per heavy atom. The van der Waals surface area contributed by atoms with Gasteiger partial charge in [-0.25, -0.2) is 0 Å². The average Bonchev–Trinajstić information content (AvgIpc) is 3.36. The minimum atomic E-state index is 0.0206. The molecule has 0 amide bonds. The Morgan fingerprint density at radius 2 is 1.65 bits per heavy atom. The van der Waals surface area contributed by atoms with Crippen molar-refractivity contribution >= 4 is 43.2 Å². The van der Waals surface area contributed by atoms with Crippen LogP contribution in [0.1, 0.15) is 36.8 Å². The van der Waals surface area contributed by atoms with Crippen LogP contribution in [0.25, 0.3) is 54.4 Å². The summed E-state index contributed by atoms with van der Waals surface area (Å²) in [6.07, 6.45) is 1.87. The Hall–Kier alpha value is -3.43. The summed E-state index contributed by atoms with van der Waals surface area (Å²) in [4.78, 5) is 6.19. The van der Waals surface area contributed by atoms with Crippen molar-refractivity contribution in [3.05, 3.63) is 88.9 Å². The lowest BCUT2D eigenvalue weighted by molar-refractivity contribution is 0.596. The van der Waals surface area contributed by atoms with E-state index in [9.17, 15) is 0 Å². The van der Waals surface area contributed by atoms with Crippen LogP contribution in [-0.4, -0.2) is 4.98 Å². The molecule has 6 aromatic rings. The fourth-order valence-corrected chi connectivity index (χ4v) is 6.13. The van der Waals surface area contributed by atoms with Gasteiger partial charge >= 0.3 is 0 Å². The van der Waals surface area contributed by atoms with Gasteiger partial charge in [0.2, 0.25) is 0 Å². The van der Waals surface area contributed by atoms with Gasteiger partial charge in [0.25, 0.3) is 0 Å². The molecule has 3 aromatic carbocycles. The normalized spacial score (nSPS) is 12.3. The molecule has 3 aromatic heterocycles. The number of furan rings is 1. The van der Waals surface area contributed by atoms with E-state index in [0.717, 1.165) is 39.1 Å². The zero-order valence-electron chi connectivity index (χ0n) is 20.2. The molecule has 34 heavy (non-hydrogen) atoms. The molecule has 0 atom stereocenters. The van der Waals surface area contributed by atoms with Crippen LogP contribution >= 0.6 is 11.3 Å². The number of thiophene rings is 1. The van der Waals surface area contributed by atoms with Crippen LogP contribution in [-0.2, 0) is 5.41 Å². The Balaban J connectivity index is 1.63. The highest BCUT2D eigenvalue weighted by Gasteiger charge is 2.22. The van der Waals surface area contributed by atoms with Gasteiger partial charge in [-0.3, -0.25) is 4.98 Å². The van der Waals surface area contributed by atoms with Crippen LogP contribution in [0.3, 0.4) is 0 Å². The molecule has 0 radical (unpaired) electrons. The first-order valence-electron chi connectivity index (χ1n) is 11.7. The molecule has 0 saturated carbocycles. The number of hydrogen-bond acceptors (Lipinski definition) is 3. The van der Waals surface area contributed by atoms with Gasteiger partial charge in [-0.05, 0) is 71.3 Å². The number of nitrogens with zero attached hydrogens (tertiary/aromatic N) is 1. The number of pyridine rings is 1. The number of aromatic nitrogens is 1. The maximum atomic E-state index is 6.52. The van der Waals surface area contributed by atoms with Gasteiger partial charge in [0, 0.05) is 32.5 Å². The Kier molecular flexibility index (Phi) is 4.69. The number of rotatable bonds is 2. The molecule has 0 aliphatic heterocycles. The molecule has 168 valence electrons. The van der Waals surface area contributed by atoms with E-state index in [1.54, 1.807) is 0 Å². The molecule has 3 heterocycles. The van der Waals surface area contributed by atoms with E-state index in [4.69, 9.17) is 9.40 Å². The van der Waals surface area contributed by atoms with Crippen molar-refractivity contribution in [2.75, 3.05) is 0 Å². The number of hydrogen-bond donors (Lipinski definition) is 0. The molecular formula is C31H27NOS. The molecule has 0 spiro atoms. The van der Waals surface area contributed by atoms with Crippen LogP contribution in [0.4, 0.5) is 0 Å². The van der Waals surface area contributed by atoms with Crippen LogP contribution in [0.5, 0.6) is 0 Å². The third kappa shape index (κ3) is 3.26. The van der Waals surface area contributed by atoms with Gasteiger partial charge in [0.05, 0.1) is 11.1 Å². The predicted octanol–water partition coefficient (Wildman–Crippen LogP) is 9.44. The zero-order valence-corrected chi connectivity index (χ0v) is 21.0. The van der Waals surface area contributed by atoms with E-state index >= 15 is 0 Å². The van der Waals surface area contributed by atoms with Crippen molar-refractivity contribution in [1.29, 1.82) is 0 Å². The van der Waals surface area contributed by atoms with E-state index < -0.39 is 0 Å². The SMILES string of the molecule is Cc1cc2cccc(-c3oc4ccnc(-c5cc(C(C)(C)C)c6ccccc6c5)c4c3C)c2s1. The molecule has 0 unspecified atom stereocenters. The van der Waals surface area contributed by atoms with Crippen LogP contribution in [0.2, 0.25) is 0 Å². The number of aryl methyl sites for hydroxylation is 2. The molecule has 6 rings (SSSR count).